The molecule has 292 valence electrons. The van der Waals surface area contributed by atoms with Gasteiger partial charge in [0.1, 0.15) is 26.3 Å². The number of quaternary nitrogens is 1. The molecule has 1 N–H and O–H groups in total. The van der Waals surface area contributed by atoms with Crippen LogP contribution in [0.5, 0.6) is 0 Å². The average molecular weight is 720 g/mol. The van der Waals surface area contributed by atoms with Gasteiger partial charge in [-0.25, -0.2) is 0 Å². The minimum Gasteiger partial charge on any atom is -0.756 e. The number of nitrogens with zero attached hydrogens (tertiary/aromatic N) is 1. The standard InChI is InChI=1S/C39H78NO8P/c1-5-7-9-11-13-15-17-19-21-23-25-27-29-31-38(41)46-36-37(35-40(3,4)33-34-47-49(43,44)45)48-39(42)32-30-28-26-24-22-20-18-16-14-12-10-8-6-2/h37H,5-36H2,1-4H3,(H-,43,44,45). The van der Waals surface area contributed by atoms with Crippen LogP contribution in [0.15, 0.2) is 0 Å². The first-order valence-corrected chi connectivity index (χ1v) is 21.8. The third-order valence-corrected chi connectivity index (χ3v) is 9.86. The zero-order valence-corrected chi connectivity index (χ0v) is 33.3. The van der Waals surface area contributed by atoms with Crippen molar-refractivity contribution < 1.29 is 42.4 Å². The topological polar surface area (TPSA) is 122 Å². The highest BCUT2D eigenvalue weighted by molar-refractivity contribution is 7.44. The van der Waals surface area contributed by atoms with Crippen LogP contribution in [-0.4, -0.2) is 67.8 Å². The second kappa shape index (κ2) is 32.9. The van der Waals surface area contributed by atoms with Crippen molar-refractivity contribution in [1.82, 2.24) is 0 Å². The number of carbonyl (C=O) groups is 2. The Kier molecular flexibility index (Phi) is 32.2. The Hall–Kier alpha value is -0.990. The van der Waals surface area contributed by atoms with E-state index in [-0.39, 0.29) is 36.2 Å². The summed E-state index contributed by atoms with van der Waals surface area (Å²) in [5, 5.41) is 0. The van der Waals surface area contributed by atoms with Gasteiger partial charge in [0.2, 0.25) is 0 Å². The van der Waals surface area contributed by atoms with Crippen LogP contribution in [0.1, 0.15) is 194 Å². The van der Waals surface area contributed by atoms with Gasteiger partial charge in [0.25, 0.3) is 7.82 Å². The van der Waals surface area contributed by atoms with Crippen molar-refractivity contribution in [2.45, 2.75) is 200 Å². The predicted molar refractivity (Wildman–Crippen MR) is 199 cm³/mol. The largest absolute Gasteiger partial charge is 0.756 e. The van der Waals surface area contributed by atoms with Gasteiger partial charge in [-0.3, -0.25) is 14.2 Å². The van der Waals surface area contributed by atoms with Crippen LogP contribution in [0.3, 0.4) is 0 Å². The second-order valence-corrected chi connectivity index (χ2v) is 16.1. The van der Waals surface area contributed by atoms with Gasteiger partial charge < -0.3 is 28.3 Å². The van der Waals surface area contributed by atoms with Gasteiger partial charge in [-0.05, 0) is 12.8 Å². The third-order valence-electron chi connectivity index (χ3n) is 9.35. The molecule has 0 aliphatic rings. The minimum absolute atomic E-state index is 0.0375. The highest BCUT2D eigenvalue weighted by Crippen LogP contribution is 2.30. The molecule has 0 heterocycles. The molecule has 0 rings (SSSR count). The molecular weight excluding hydrogens is 641 g/mol. The van der Waals surface area contributed by atoms with Gasteiger partial charge in [-0.1, -0.05) is 168 Å². The van der Waals surface area contributed by atoms with Crippen molar-refractivity contribution in [2.75, 3.05) is 40.4 Å². The first-order valence-electron chi connectivity index (χ1n) is 20.3. The molecule has 0 radical (unpaired) electrons. The highest BCUT2D eigenvalue weighted by Gasteiger charge is 2.27. The van der Waals surface area contributed by atoms with Crippen molar-refractivity contribution in [3.63, 3.8) is 0 Å². The highest BCUT2D eigenvalue weighted by atomic mass is 31.2. The Morgan fingerprint density at radius 3 is 1.33 bits per heavy atom. The molecule has 2 unspecified atom stereocenters. The van der Waals surface area contributed by atoms with E-state index >= 15 is 0 Å². The van der Waals surface area contributed by atoms with Gasteiger partial charge in [0.05, 0.1) is 14.1 Å². The van der Waals surface area contributed by atoms with Crippen LogP contribution in [-0.2, 0) is 28.2 Å². The monoisotopic (exact) mass is 720 g/mol. The molecule has 0 spiro atoms. The summed E-state index contributed by atoms with van der Waals surface area (Å²) in [4.78, 5) is 45.1. The van der Waals surface area contributed by atoms with E-state index in [1.807, 2.05) is 14.1 Å². The normalized spacial score (nSPS) is 13.7. The van der Waals surface area contributed by atoms with Gasteiger partial charge in [0.15, 0.2) is 6.10 Å². The summed E-state index contributed by atoms with van der Waals surface area (Å²) in [6.45, 7) is 4.83. The third kappa shape index (κ3) is 36.6. The fraction of sp³-hybridized carbons (Fsp3) is 0.949. The Bertz CT molecular complexity index is 819. The smallest absolute Gasteiger partial charge is 0.306 e. The number of rotatable bonds is 37. The van der Waals surface area contributed by atoms with E-state index in [0.29, 0.717) is 19.4 Å². The molecule has 0 aromatic heterocycles. The molecule has 0 aliphatic heterocycles. The van der Waals surface area contributed by atoms with E-state index in [4.69, 9.17) is 14.4 Å². The van der Waals surface area contributed by atoms with Gasteiger partial charge in [-0.15, -0.1) is 0 Å². The number of unbranched alkanes of at least 4 members (excludes halogenated alkanes) is 24. The van der Waals surface area contributed by atoms with Gasteiger partial charge in [0, 0.05) is 12.8 Å². The molecule has 0 bridgehead atoms. The predicted octanol–water partition coefficient (Wildman–Crippen LogP) is 9.96. The lowest BCUT2D eigenvalue weighted by molar-refractivity contribution is -0.893. The van der Waals surface area contributed by atoms with E-state index in [1.165, 1.54) is 128 Å². The number of ether oxygens (including phenoxy) is 2. The molecule has 0 fully saturated rings. The van der Waals surface area contributed by atoms with E-state index in [1.54, 1.807) is 0 Å². The molecule has 10 heteroatoms. The molecule has 49 heavy (non-hydrogen) atoms. The first kappa shape index (κ1) is 48.0. The number of hydrogen-bond donors (Lipinski definition) is 1. The quantitative estimate of drug-likeness (QED) is 0.0291. The number of esters is 2. The van der Waals surface area contributed by atoms with Gasteiger partial charge >= 0.3 is 11.9 Å². The fourth-order valence-electron chi connectivity index (χ4n) is 6.25. The molecular formula is C39H78NO8P. The molecule has 2 atom stereocenters. The summed E-state index contributed by atoms with van der Waals surface area (Å²) in [5.74, 6) is -0.599. The SMILES string of the molecule is CCCCCCCCCCCCCCCC(=O)OCC(C[N+](C)(C)CCOP(=O)([O-])O)OC(=O)CCCCCCCCCCCCCCC. The van der Waals surface area contributed by atoms with Crippen LogP contribution in [0, 0.1) is 0 Å². The summed E-state index contributed by atoms with van der Waals surface area (Å²) in [6, 6.07) is 0. The maximum atomic E-state index is 12.7. The van der Waals surface area contributed by atoms with Crippen LogP contribution in [0.25, 0.3) is 0 Å². The Morgan fingerprint density at radius 2 is 0.959 bits per heavy atom. The lowest BCUT2D eigenvalue weighted by atomic mass is 10.0. The molecule has 0 amide bonds. The van der Waals surface area contributed by atoms with Crippen LogP contribution in [0.2, 0.25) is 0 Å². The zero-order chi connectivity index (χ0) is 36.5. The molecule has 0 aliphatic carbocycles. The molecule has 0 saturated carbocycles. The van der Waals surface area contributed by atoms with E-state index in [9.17, 15) is 19.0 Å². The number of carbonyl (C=O) groups excluding carboxylic acids is 2. The first-order chi connectivity index (χ1) is 23.5. The number of phosphoric ester groups is 1. The second-order valence-electron chi connectivity index (χ2n) is 14.9. The van der Waals surface area contributed by atoms with Crippen LogP contribution < -0.4 is 4.89 Å². The maximum Gasteiger partial charge on any atom is 0.306 e. The van der Waals surface area contributed by atoms with E-state index in [0.717, 1.165) is 38.5 Å². The number of hydrogen-bond acceptors (Lipinski definition) is 7. The Balaban J connectivity index is 4.35. The number of phosphoric acid groups is 1. The summed E-state index contributed by atoms with van der Waals surface area (Å²) in [6.07, 6.45) is 32.1. The molecule has 9 nitrogen and oxygen atoms in total. The van der Waals surface area contributed by atoms with E-state index < -0.39 is 13.9 Å². The van der Waals surface area contributed by atoms with Crippen molar-refractivity contribution in [3.05, 3.63) is 0 Å². The van der Waals surface area contributed by atoms with E-state index in [2.05, 4.69) is 18.4 Å². The van der Waals surface area contributed by atoms with Crippen LogP contribution >= 0.6 is 7.82 Å². The lowest BCUT2D eigenvalue weighted by Gasteiger charge is -2.33. The van der Waals surface area contributed by atoms with Crippen molar-refractivity contribution in [1.29, 1.82) is 0 Å². The Morgan fingerprint density at radius 1 is 0.612 bits per heavy atom. The molecule has 0 aromatic rings. The Labute approximate surface area is 301 Å². The van der Waals surface area contributed by atoms with Crippen molar-refractivity contribution in [2.24, 2.45) is 0 Å². The fourth-order valence-corrected chi connectivity index (χ4v) is 6.56. The summed E-state index contributed by atoms with van der Waals surface area (Å²) < 4.78 is 27.1. The number of likely N-dealkylation sites (N-methyl/N-ethyl adjacent to an activating group) is 1. The summed E-state index contributed by atoms with van der Waals surface area (Å²) in [7, 11) is -1.12. The summed E-state index contributed by atoms with van der Waals surface area (Å²) in [5.41, 5.74) is 0. The molecule has 0 aromatic carbocycles. The van der Waals surface area contributed by atoms with Gasteiger partial charge in [-0.2, -0.15) is 0 Å². The van der Waals surface area contributed by atoms with Crippen molar-refractivity contribution in [3.8, 4) is 0 Å². The maximum absolute atomic E-state index is 12.7. The zero-order valence-electron chi connectivity index (χ0n) is 32.4. The molecule has 0 saturated heterocycles. The minimum atomic E-state index is -4.81. The lowest BCUT2D eigenvalue weighted by Crippen LogP contribution is -2.49. The summed E-state index contributed by atoms with van der Waals surface area (Å²) >= 11 is 0. The average Bonchev–Trinajstić information content (AvgIpc) is 3.03. The van der Waals surface area contributed by atoms with Crippen molar-refractivity contribution >= 4 is 19.8 Å². The van der Waals surface area contributed by atoms with Crippen LogP contribution in [0.4, 0.5) is 0 Å².